The zero-order chi connectivity index (χ0) is 16.6. The van der Waals surface area contributed by atoms with E-state index in [1.54, 1.807) is 36.4 Å². The second kappa shape index (κ2) is 5.53. The van der Waals surface area contributed by atoms with Crippen LogP contribution in [0.2, 0.25) is 0 Å². The fourth-order valence-electron chi connectivity index (χ4n) is 2.73. The minimum absolute atomic E-state index is 0.288. The molecule has 0 spiro atoms. The van der Waals surface area contributed by atoms with Gasteiger partial charge >= 0.3 is 11.8 Å². The van der Waals surface area contributed by atoms with Gasteiger partial charge in [0.25, 0.3) is 0 Å². The van der Waals surface area contributed by atoms with Crippen molar-refractivity contribution in [3.63, 3.8) is 0 Å². The third-order valence-electron chi connectivity index (χ3n) is 3.86. The van der Waals surface area contributed by atoms with Crippen molar-refractivity contribution in [1.29, 1.82) is 0 Å². The number of benzene rings is 2. The molecule has 0 saturated carbocycles. The third kappa shape index (κ3) is 2.30. The van der Waals surface area contributed by atoms with Gasteiger partial charge < -0.3 is 9.47 Å². The summed E-state index contributed by atoms with van der Waals surface area (Å²) in [6.45, 7) is 0. The standard InChI is InChI=1S/C17H15F2NO3/c1-22-13-9-8-11(10-14(13)23-2)15-17(18,19)16(21)20(15)12-6-4-3-5-7-12/h3-10,15H,1-2H3/t15-/m0/s1. The summed E-state index contributed by atoms with van der Waals surface area (Å²) in [5.41, 5.74) is 0.722. The maximum Gasteiger partial charge on any atom is 0.349 e. The van der Waals surface area contributed by atoms with Crippen LogP contribution >= 0.6 is 0 Å². The number of rotatable bonds is 4. The fraction of sp³-hybridized carbons (Fsp3) is 0.235. The van der Waals surface area contributed by atoms with Crippen LogP contribution in [0.3, 0.4) is 0 Å². The first-order chi connectivity index (χ1) is 11.0. The van der Waals surface area contributed by atoms with E-state index in [0.29, 0.717) is 17.2 Å². The summed E-state index contributed by atoms with van der Waals surface area (Å²) in [6.07, 6.45) is 0. The Bertz CT molecular complexity index is 734. The molecule has 1 atom stereocenters. The summed E-state index contributed by atoms with van der Waals surface area (Å²) in [5.74, 6) is -3.87. The van der Waals surface area contributed by atoms with Gasteiger partial charge in [-0.2, -0.15) is 8.78 Å². The van der Waals surface area contributed by atoms with Crippen LogP contribution in [-0.4, -0.2) is 26.0 Å². The van der Waals surface area contributed by atoms with Gasteiger partial charge in [-0.05, 0) is 29.8 Å². The van der Waals surface area contributed by atoms with Gasteiger partial charge in [0.05, 0.1) is 14.2 Å². The lowest BCUT2D eigenvalue weighted by Gasteiger charge is -2.46. The SMILES string of the molecule is COc1ccc([C@@H]2N(c3ccccc3)C(=O)C2(F)F)cc1OC. The summed E-state index contributed by atoms with van der Waals surface area (Å²) in [7, 11) is 2.90. The first-order valence-corrected chi connectivity index (χ1v) is 6.99. The highest BCUT2D eigenvalue weighted by molar-refractivity contribution is 6.07. The lowest BCUT2D eigenvalue weighted by Crippen LogP contribution is -2.64. The van der Waals surface area contributed by atoms with Gasteiger partial charge in [0.2, 0.25) is 0 Å². The number of nitrogens with zero attached hydrogens (tertiary/aromatic N) is 1. The van der Waals surface area contributed by atoms with Gasteiger partial charge in [-0.25, -0.2) is 0 Å². The Morgan fingerprint density at radius 3 is 2.26 bits per heavy atom. The molecule has 120 valence electrons. The van der Waals surface area contributed by atoms with Gasteiger partial charge in [0.15, 0.2) is 11.5 Å². The molecule has 0 aromatic heterocycles. The highest BCUT2D eigenvalue weighted by Gasteiger charge is 2.64. The summed E-state index contributed by atoms with van der Waals surface area (Å²) in [6, 6.07) is 11.6. The van der Waals surface area contributed by atoms with Crippen LogP contribution in [0, 0.1) is 0 Å². The number of hydrogen-bond acceptors (Lipinski definition) is 3. The molecule has 0 unspecified atom stereocenters. The van der Waals surface area contributed by atoms with E-state index < -0.39 is 17.9 Å². The Morgan fingerprint density at radius 1 is 1.00 bits per heavy atom. The average Bonchev–Trinajstić information content (AvgIpc) is 2.59. The molecule has 0 aliphatic carbocycles. The number of para-hydroxylation sites is 1. The van der Waals surface area contributed by atoms with E-state index in [9.17, 15) is 13.6 Å². The first-order valence-electron chi connectivity index (χ1n) is 6.99. The van der Waals surface area contributed by atoms with Crippen molar-refractivity contribution < 1.29 is 23.0 Å². The Hall–Kier alpha value is -2.63. The van der Waals surface area contributed by atoms with Crippen LogP contribution in [0.15, 0.2) is 48.5 Å². The molecule has 1 aliphatic rings. The minimum Gasteiger partial charge on any atom is -0.493 e. The Balaban J connectivity index is 2.04. The first kappa shape index (κ1) is 15.3. The number of amides is 1. The maximum atomic E-state index is 14.2. The lowest BCUT2D eigenvalue weighted by molar-refractivity contribution is -0.162. The van der Waals surface area contributed by atoms with E-state index in [2.05, 4.69) is 0 Å². The van der Waals surface area contributed by atoms with Gasteiger partial charge in [-0.1, -0.05) is 24.3 Å². The van der Waals surface area contributed by atoms with Crippen molar-refractivity contribution in [2.75, 3.05) is 19.1 Å². The average molecular weight is 319 g/mol. The molecule has 0 radical (unpaired) electrons. The summed E-state index contributed by atoms with van der Waals surface area (Å²) < 4.78 is 38.6. The molecule has 3 rings (SSSR count). The topological polar surface area (TPSA) is 38.8 Å². The van der Waals surface area contributed by atoms with Crippen LogP contribution in [0.4, 0.5) is 14.5 Å². The van der Waals surface area contributed by atoms with Crippen LogP contribution in [0.1, 0.15) is 11.6 Å². The highest BCUT2D eigenvalue weighted by atomic mass is 19.3. The minimum atomic E-state index is -3.45. The predicted molar refractivity (Wildman–Crippen MR) is 81.2 cm³/mol. The molecule has 6 heteroatoms. The van der Waals surface area contributed by atoms with E-state index in [1.807, 2.05) is 0 Å². The molecule has 2 aromatic rings. The van der Waals surface area contributed by atoms with Crippen LogP contribution in [0.5, 0.6) is 11.5 Å². The monoisotopic (exact) mass is 319 g/mol. The second-order valence-corrected chi connectivity index (χ2v) is 5.15. The number of alkyl halides is 2. The van der Waals surface area contributed by atoms with Crippen molar-refractivity contribution in [3.8, 4) is 11.5 Å². The van der Waals surface area contributed by atoms with E-state index in [1.165, 1.54) is 26.4 Å². The van der Waals surface area contributed by atoms with Crippen molar-refractivity contribution in [1.82, 2.24) is 0 Å². The molecule has 1 fully saturated rings. The molecule has 2 aromatic carbocycles. The Kier molecular flexibility index (Phi) is 3.67. The lowest BCUT2D eigenvalue weighted by atomic mass is 9.88. The molecule has 1 aliphatic heterocycles. The number of ether oxygens (including phenoxy) is 2. The number of carbonyl (C=O) groups is 1. The molecule has 0 bridgehead atoms. The summed E-state index contributed by atoms with van der Waals surface area (Å²) >= 11 is 0. The van der Waals surface area contributed by atoms with E-state index >= 15 is 0 Å². The summed E-state index contributed by atoms with van der Waals surface area (Å²) in [5, 5.41) is 0. The van der Waals surface area contributed by atoms with E-state index in [-0.39, 0.29) is 5.56 Å². The number of hydrogen-bond donors (Lipinski definition) is 0. The predicted octanol–water partition coefficient (Wildman–Crippen LogP) is 3.43. The number of anilines is 1. The zero-order valence-electron chi connectivity index (χ0n) is 12.6. The van der Waals surface area contributed by atoms with E-state index in [4.69, 9.17) is 9.47 Å². The number of β-lactam (4-membered cyclic amide) rings is 1. The second-order valence-electron chi connectivity index (χ2n) is 5.15. The summed E-state index contributed by atoms with van der Waals surface area (Å²) in [4.78, 5) is 13.0. The molecule has 23 heavy (non-hydrogen) atoms. The molecular formula is C17H15F2NO3. The Labute approximate surface area is 132 Å². The van der Waals surface area contributed by atoms with Gasteiger partial charge in [0.1, 0.15) is 6.04 Å². The van der Waals surface area contributed by atoms with Crippen molar-refractivity contribution >= 4 is 11.6 Å². The Morgan fingerprint density at radius 2 is 1.65 bits per heavy atom. The number of halogens is 2. The quantitative estimate of drug-likeness (QED) is 0.811. The largest absolute Gasteiger partial charge is 0.493 e. The van der Waals surface area contributed by atoms with E-state index in [0.717, 1.165) is 4.90 Å². The van der Waals surface area contributed by atoms with Crippen LogP contribution < -0.4 is 14.4 Å². The highest BCUT2D eigenvalue weighted by Crippen LogP contribution is 2.50. The van der Waals surface area contributed by atoms with Gasteiger partial charge in [-0.3, -0.25) is 9.69 Å². The smallest absolute Gasteiger partial charge is 0.349 e. The number of carbonyl (C=O) groups excluding carboxylic acids is 1. The third-order valence-corrected chi connectivity index (χ3v) is 3.86. The van der Waals surface area contributed by atoms with Gasteiger partial charge in [0, 0.05) is 5.69 Å². The van der Waals surface area contributed by atoms with Crippen molar-refractivity contribution in [2.45, 2.75) is 12.0 Å². The maximum absolute atomic E-state index is 14.2. The van der Waals surface area contributed by atoms with Crippen LogP contribution in [-0.2, 0) is 4.79 Å². The normalized spacial score (nSPS) is 19.2. The zero-order valence-corrected chi connectivity index (χ0v) is 12.6. The van der Waals surface area contributed by atoms with Crippen molar-refractivity contribution in [3.05, 3.63) is 54.1 Å². The molecule has 1 heterocycles. The fourth-order valence-corrected chi connectivity index (χ4v) is 2.73. The molecular weight excluding hydrogens is 304 g/mol. The van der Waals surface area contributed by atoms with Gasteiger partial charge in [-0.15, -0.1) is 0 Å². The number of methoxy groups -OCH3 is 2. The van der Waals surface area contributed by atoms with Crippen molar-refractivity contribution in [2.24, 2.45) is 0 Å². The molecule has 0 N–H and O–H groups in total. The molecule has 1 saturated heterocycles. The molecule has 4 nitrogen and oxygen atoms in total. The van der Waals surface area contributed by atoms with Crippen LogP contribution in [0.25, 0.3) is 0 Å². The molecule has 1 amide bonds.